The molecule has 0 atom stereocenters. The zero-order valence-corrected chi connectivity index (χ0v) is 14.3. The van der Waals surface area contributed by atoms with Crippen molar-refractivity contribution in [3.63, 3.8) is 0 Å². The van der Waals surface area contributed by atoms with Crippen molar-refractivity contribution >= 4 is 21.6 Å². The molecule has 6 nitrogen and oxygen atoms in total. The Balaban J connectivity index is 1.71. The molecule has 0 aliphatic heterocycles. The van der Waals surface area contributed by atoms with Crippen molar-refractivity contribution in [2.45, 2.75) is 18.4 Å². The number of halogens is 1. The molecule has 1 N–H and O–H groups in total. The number of sulfonamides is 1. The minimum Gasteiger partial charge on any atom is -0.338 e. The molecular formula is C16H14ClN3O3S. The summed E-state index contributed by atoms with van der Waals surface area (Å²) in [4.78, 5) is 4.31. The summed E-state index contributed by atoms with van der Waals surface area (Å²) >= 11 is 5.76. The molecule has 0 fully saturated rings. The first-order valence-electron chi connectivity index (χ1n) is 7.09. The molecule has 124 valence electrons. The molecule has 0 aliphatic carbocycles. The summed E-state index contributed by atoms with van der Waals surface area (Å²) in [6, 6.07) is 13.5. The van der Waals surface area contributed by atoms with Gasteiger partial charge in [-0.1, -0.05) is 46.6 Å². The molecule has 0 amide bonds. The van der Waals surface area contributed by atoms with E-state index in [4.69, 9.17) is 16.1 Å². The van der Waals surface area contributed by atoms with E-state index in [0.717, 1.165) is 11.1 Å². The molecule has 0 unspecified atom stereocenters. The highest BCUT2D eigenvalue weighted by atomic mass is 35.5. The third kappa shape index (κ3) is 3.81. The van der Waals surface area contributed by atoms with Crippen molar-refractivity contribution < 1.29 is 12.9 Å². The standard InChI is InChI=1S/C16H14ClN3O3S/c1-11-2-4-12(5-3-11)16-19-15(23-20-16)10-18-24(21,22)14-8-6-13(17)7-9-14/h2-9,18H,10H2,1H3. The van der Waals surface area contributed by atoms with E-state index >= 15 is 0 Å². The van der Waals surface area contributed by atoms with E-state index in [0.29, 0.717) is 10.8 Å². The number of aromatic nitrogens is 2. The second-order valence-electron chi connectivity index (χ2n) is 5.16. The van der Waals surface area contributed by atoms with Crippen molar-refractivity contribution in [3.05, 3.63) is 65.0 Å². The maximum absolute atomic E-state index is 12.2. The number of nitrogens with one attached hydrogen (secondary N) is 1. The third-order valence-corrected chi connectivity index (χ3v) is 4.98. The van der Waals surface area contributed by atoms with Crippen LogP contribution in [-0.4, -0.2) is 18.6 Å². The molecular weight excluding hydrogens is 350 g/mol. The summed E-state index contributed by atoms with van der Waals surface area (Å²) in [5.74, 6) is 0.596. The Hall–Kier alpha value is -2.22. The molecule has 0 spiro atoms. The Bertz CT molecular complexity index is 935. The molecule has 0 radical (unpaired) electrons. The summed E-state index contributed by atoms with van der Waals surface area (Å²) in [5, 5.41) is 4.33. The summed E-state index contributed by atoms with van der Waals surface area (Å²) in [7, 11) is -3.67. The number of nitrogens with zero attached hydrogens (tertiary/aromatic N) is 2. The SMILES string of the molecule is Cc1ccc(-c2noc(CNS(=O)(=O)c3ccc(Cl)cc3)n2)cc1. The summed E-state index contributed by atoms with van der Waals surface area (Å²) < 4.78 is 31.9. The second kappa shape index (κ2) is 6.72. The van der Waals surface area contributed by atoms with Crippen LogP contribution < -0.4 is 4.72 Å². The van der Waals surface area contributed by atoms with Crippen LogP contribution >= 0.6 is 11.6 Å². The van der Waals surface area contributed by atoms with Crippen LogP contribution in [0.5, 0.6) is 0 Å². The monoisotopic (exact) mass is 363 g/mol. The lowest BCUT2D eigenvalue weighted by Gasteiger charge is -2.04. The zero-order valence-electron chi connectivity index (χ0n) is 12.7. The largest absolute Gasteiger partial charge is 0.338 e. The van der Waals surface area contributed by atoms with Crippen LogP contribution in [0.1, 0.15) is 11.5 Å². The second-order valence-corrected chi connectivity index (χ2v) is 7.36. The molecule has 2 aromatic carbocycles. The van der Waals surface area contributed by atoms with E-state index in [1.54, 1.807) is 0 Å². The predicted octanol–water partition coefficient (Wildman–Crippen LogP) is 3.18. The van der Waals surface area contributed by atoms with Gasteiger partial charge in [-0.15, -0.1) is 0 Å². The highest BCUT2D eigenvalue weighted by Crippen LogP contribution is 2.17. The van der Waals surface area contributed by atoms with Gasteiger partial charge in [0.2, 0.25) is 21.7 Å². The van der Waals surface area contributed by atoms with E-state index in [1.807, 2.05) is 31.2 Å². The van der Waals surface area contributed by atoms with E-state index in [1.165, 1.54) is 24.3 Å². The van der Waals surface area contributed by atoms with Gasteiger partial charge in [-0.2, -0.15) is 4.98 Å². The van der Waals surface area contributed by atoms with Gasteiger partial charge in [0.05, 0.1) is 11.4 Å². The minimum atomic E-state index is -3.67. The highest BCUT2D eigenvalue weighted by molar-refractivity contribution is 7.89. The smallest absolute Gasteiger partial charge is 0.242 e. The molecule has 0 aliphatic rings. The molecule has 8 heteroatoms. The molecule has 3 aromatic rings. The number of hydrogen-bond acceptors (Lipinski definition) is 5. The fourth-order valence-corrected chi connectivity index (χ4v) is 3.10. The van der Waals surface area contributed by atoms with Crippen molar-refractivity contribution in [1.29, 1.82) is 0 Å². The van der Waals surface area contributed by atoms with Gasteiger partial charge in [0.15, 0.2) is 0 Å². The quantitative estimate of drug-likeness (QED) is 0.752. The molecule has 0 bridgehead atoms. The molecule has 3 rings (SSSR count). The molecule has 0 saturated carbocycles. The topological polar surface area (TPSA) is 85.1 Å². The van der Waals surface area contributed by atoms with Gasteiger partial charge in [0, 0.05) is 10.6 Å². The van der Waals surface area contributed by atoms with Gasteiger partial charge in [0.1, 0.15) is 0 Å². The van der Waals surface area contributed by atoms with Crippen LogP contribution in [0.15, 0.2) is 57.9 Å². The van der Waals surface area contributed by atoms with Crippen molar-refractivity contribution in [1.82, 2.24) is 14.9 Å². The van der Waals surface area contributed by atoms with Crippen molar-refractivity contribution in [2.75, 3.05) is 0 Å². The molecule has 1 heterocycles. The Kier molecular flexibility index (Phi) is 4.66. The lowest BCUT2D eigenvalue weighted by atomic mass is 10.1. The van der Waals surface area contributed by atoms with Crippen molar-refractivity contribution in [2.24, 2.45) is 0 Å². The summed E-state index contributed by atoms with van der Waals surface area (Å²) in [6.07, 6.45) is 0. The van der Waals surface area contributed by atoms with E-state index in [2.05, 4.69) is 14.9 Å². The van der Waals surface area contributed by atoms with Gasteiger partial charge >= 0.3 is 0 Å². The normalized spacial score (nSPS) is 11.6. The van der Waals surface area contributed by atoms with Crippen LogP contribution in [0, 0.1) is 6.92 Å². The summed E-state index contributed by atoms with van der Waals surface area (Å²) in [5.41, 5.74) is 1.93. The predicted molar refractivity (Wildman–Crippen MR) is 89.9 cm³/mol. The van der Waals surface area contributed by atoms with Gasteiger partial charge < -0.3 is 4.52 Å². The van der Waals surface area contributed by atoms with Gasteiger partial charge in [-0.05, 0) is 31.2 Å². The molecule has 0 saturated heterocycles. The van der Waals surface area contributed by atoms with Crippen molar-refractivity contribution in [3.8, 4) is 11.4 Å². The van der Waals surface area contributed by atoms with Gasteiger partial charge in [0.25, 0.3) is 0 Å². The maximum Gasteiger partial charge on any atom is 0.242 e. The number of hydrogen-bond donors (Lipinski definition) is 1. The average Bonchev–Trinajstić information content (AvgIpc) is 3.03. The van der Waals surface area contributed by atoms with E-state index < -0.39 is 10.0 Å². The van der Waals surface area contributed by atoms with Gasteiger partial charge in [-0.25, -0.2) is 13.1 Å². The number of benzene rings is 2. The molecule has 24 heavy (non-hydrogen) atoms. The fraction of sp³-hybridized carbons (Fsp3) is 0.125. The van der Waals surface area contributed by atoms with Gasteiger partial charge in [-0.3, -0.25) is 0 Å². The van der Waals surface area contributed by atoms with Crippen LogP contribution in [0.2, 0.25) is 5.02 Å². The third-order valence-electron chi connectivity index (χ3n) is 3.32. The highest BCUT2D eigenvalue weighted by Gasteiger charge is 2.16. The Labute approximate surface area is 144 Å². The van der Waals surface area contributed by atoms with Crippen LogP contribution in [0.25, 0.3) is 11.4 Å². The zero-order chi connectivity index (χ0) is 17.2. The lowest BCUT2D eigenvalue weighted by Crippen LogP contribution is -2.23. The Morgan fingerprint density at radius 3 is 2.42 bits per heavy atom. The number of rotatable bonds is 5. The van der Waals surface area contributed by atoms with Crippen LogP contribution in [-0.2, 0) is 16.6 Å². The first-order valence-corrected chi connectivity index (χ1v) is 8.95. The fourth-order valence-electron chi connectivity index (χ4n) is 2.00. The molecule has 1 aromatic heterocycles. The maximum atomic E-state index is 12.2. The first kappa shape index (κ1) is 16.6. The Morgan fingerprint density at radius 2 is 1.75 bits per heavy atom. The van der Waals surface area contributed by atoms with E-state index in [-0.39, 0.29) is 17.3 Å². The lowest BCUT2D eigenvalue weighted by molar-refractivity contribution is 0.376. The number of aryl methyl sites for hydroxylation is 1. The van der Waals surface area contributed by atoms with Crippen LogP contribution in [0.4, 0.5) is 0 Å². The minimum absolute atomic E-state index is 0.0934. The average molecular weight is 364 g/mol. The Morgan fingerprint density at radius 1 is 1.08 bits per heavy atom. The van der Waals surface area contributed by atoms with Crippen LogP contribution in [0.3, 0.4) is 0 Å². The van der Waals surface area contributed by atoms with E-state index in [9.17, 15) is 8.42 Å². The summed E-state index contributed by atoms with van der Waals surface area (Å²) in [6.45, 7) is 1.89. The first-order chi connectivity index (χ1) is 11.4.